The Morgan fingerprint density at radius 1 is 0.613 bits per heavy atom. The molecule has 2 atom stereocenters. The quantitative estimate of drug-likeness (QED) is 0.579. The molecule has 0 amide bonds. The maximum absolute atomic E-state index is 10.7. The van der Waals surface area contributed by atoms with E-state index in [2.05, 4.69) is 27.7 Å². The maximum atomic E-state index is 10.7. The topological polar surface area (TPSA) is 80.3 Å². The fraction of sp³-hybridized carbons (Fsp3) is 0.462. The Morgan fingerprint density at radius 3 is 1.06 bits per heavy atom. The largest absolute Gasteiger partial charge is 2.00 e. The Balaban J connectivity index is 0.000000562. The van der Waals surface area contributed by atoms with E-state index in [-0.39, 0.29) is 37.7 Å². The van der Waals surface area contributed by atoms with Crippen LogP contribution in [0.4, 0.5) is 0 Å². The van der Waals surface area contributed by atoms with Crippen LogP contribution in [-0.2, 0) is 22.4 Å². The van der Waals surface area contributed by atoms with Crippen LogP contribution >= 0.6 is 0 Å². The van der Waals surface area contributed by atoms with E-state index < -0.39 is 23.8 Å². The van der Waals surface area contributed by atoms with Crippen molar-refractivity contribution in [3.8, 4) is 0 Å². The Hall–Kier alpha value is -1.36. The van der Waals surface area contributed by atoms with Crippen molar-refractivity contribution < 1.29 is 19.8 Å². The van der Waals surface area contributed by atoms with Gasteiger partial charge in [-0.2, -0.15) is 0 Å². The maximum Gasteiger partial charge on any atom is 2.00 e. The van der Waals surface area contributed by atoms with Gasteiger partial charge >= 0.3 is 37.7 Å². The molecule has 0 saturated carbocycles. The van der Waals surface area contributed by atoms with E-state index in [4.69, 9.17) is 0 Å². The standard InChI is InChI=1S/2C13H18O2.Ca/c2*1-9(2)8-11-4-6-12(7-5-11)10(3)13(14)15;/h2*4-7,9-10H,8H2,1-3H3,(H,14,15);/q;;+2/p-2. The minimum Gasteiger partial charge on any atom is -0.550 e. The zero-order chi connectivity index (χ0) is 22.8. The Bertz CT molecular complexity index is 726. The second kappa shape index (κ2) is 14.7. The second-order valence-corrected chi connectivity index (χ2v) is 8.76. The predicted octanol–water partition coefficient (Wildman–Crippen LogP) is 3.10. The minimum atomic E-state index is -1.02. The van der Waals surface area contributed by atoms with Crippen LogP contribution < -0.4 is 10.2 Å². The molecule has 0 bridgehead atoms. The van der Waals surface area contributed by atoms with Crippen LogP contribution in [0.15, 0.2) is 48.5 Å². The summed E-state index contributed by atoms with van der Waals surface area (Å²) in [6.45, 7) is 11.9. The molecule has 164 valence electrons. The normalized spacial score (nSPS) is 12.4. The molecule has 0 heterocycles. The number of carbonyl (C=O) groups excluding carboxylic acids is 2. The van der Waals surface area contributed by atoms with Gasteiger partial charge in [0.05, 0.1) is 0 Å². The van der Waals surface area contributed by atoms with E-state index in [9.17, 15) is 19.8 Å². The molecule has 2 unspecified atom stereocenters. The number of aliphatic carboxylic acids is 2. The number of hydrogen-bond acceptors (Lipinski definition) is 4. The smallest absolute Gasteiger partial charge is 0.550 e. The number of benzene rings is 2. The summed E-state index contributed by atoms with van der Waals surface area (Å²) in [7, 11) is 0. The van der Waals surface area contributed by atoms with Crippen LogP contribution in [0.1, 0.15) is 75.6 Å². The van der Waals surface area contributed by atoms with Crippen LogP contribution in [0, 0.1) is 11.8 Å². The van der Waals surface area contributed by atoms with Crippen molar-refractivity contribution in [3.05, 3.63) is 70.8 Å². The predicted molar refractivity (Wildman–Crippen MR) is 123 cm³/mol. The van der Waals surface area contributed by atoms with Gasteiger partial charge in [-0.3, -0.25) is 0 Å². The summed E-state index contributed by atoms with van der Waals surface area (Å²) in [6.07, 6.45) is 2.06. The van der Waals surface area contributed by atoms with Gasteiger partial charge in [-0.05, 0) is 46.9 Å². The summed E-state index contributed by atoms with van der Waals surface area (Å²) in [4.78, 5) is 21.3. The Morgan fingerprint density at radius 2 is 0.871 bits per heavy atom. The molecule has 0 aliphatic carbocycles. The van der Waals surface area contributed by atoms with Gasteiger partial charge in [0.1, 0.15) is 0 Å². The average Bonchev–Trinajstić information content (AvgIpc) is 2.67. The molecule has 5 heteroatoms. The van der Waals surface area contributed by atoms with E-state index in [1.54, 1.807) is 13.8 Å². The Kier molecular flexibility index (Phi) is 14.0. The van der Waals surface area contributed by atoms with Crippen molar-refractivity contribution in [1.82, 2.24) is 0 Å². The third-order valence-corrected chi connectivity index (χ3v) is 4.95. The molecule has 0 aliphatic heterocycles. The van der Waals surface area contributed by atoms with Gasteiger partial charge in [0.15, 0.2) is 0 Å². The molecule has 0 N–H and O–H groups in total. The summed E-state index contributed by atoms with van der Waals surface area (Å²) in [6, 6.07) is 15.5. The van der Waals surface area contributed by atoms with Gasteiger partial charge in [0, 0.05) is 23.8 Å². The minimum absolute atomic E-state index is 0. The van der Waals surface area contributed by atoms with Crippen LogP contribution in [0.3, 0.4) is 0 Å². The summed E-state index contributed by atoms with van der Waals surface area (Å²) in [5, 5.41) is 21.3. The number of carbonyl (C=O) groups is 2. The second-order valence-electron chi connectivity index (χ2n) is 8.76. The van der Waals surface area contributed by atoms with Crippen LogP contribution in [0.2, 0.25) is 0 Å². The van der Waals surface area contributed by atoms with E-state index >= 15 is 0 Å². The fourth-order valence-electron chi connectivity index (χ4n) is 3.10. The first kappa shape index (κ1) is 29.6. The van der Waals surface area contributed by atoms with Crippen molar-refractivity contribution in [2.24, 2.45) is 11.8 Å². The summed E-state index contributed by atoms with van der Waals surface area (Å²) < 4.78 is 0. The van der Waals surface area contributed by atoms with Crippen LogP contribution in [-0.4, -0.2) is 49.7 Å². The molecule has 0 spiro atoms. The zero-order valence-corrected chi connectivity index (χ0v) is 21.9. The van der Waals surface area contributed by atoms with Gasteiger partial charge in [0.25, 0.3) is 0 Å². The first-order valence-electron chi connectivity index (χ1n) is 10.6. The average molecular weight is 451 g/mol. The molecular weight excluding hydrogens is 416 g/mol. The van der Waals surface area contributed by atoms with Gasteiger partial charge in [0.2, 0.25) is 0 Å². The monoisotopic (exact) mass is 450 g/mol. The molecule has 0 fully saturated rings. The Labute approximate surface area is 217 Å². The zero-order valence-electron chi connectivity index (χ0n) is 19.7. The summed E-state index contributed by atoms with van der Waals surface area (Å²) in [5.74, 6) is -1.86. The molecule has 0 aliphatic rings. The van der Waals surface area contributed by atoms with Gasteiger partial charge in [-0.1, -0.05) is 90.1 Å². The number of hydrogen-bond donors (Lipinski definition) is 0. The van der Waals surface area contributed by atoms with E-state index in [1.807, 2.05) is 48.5 Å². The molecule has 4 nitrogen and oxygen atoms in total. The molecule has 2 aromatic rings. The van der Waals surface area contributed by atoms with E-state index in [1.165, 1.54) is 11.1 Å². The van der Waals surface area contributed by atoms with Crippen molar-refractivity contribution in [2.75, 3.05) is 0 Å². The molecule has 0 saturated heterocycles. The molecule has 2 aromatic carbocycles. The van der Waals surface area contributed by atoms with Crippen molar-refractivity contribution in [1.29, 1.82) is 0 Å². The fourth-order valence-corrected chi connectivity index (χ4v) is 3.10. The van der Waals surface area contributed by atoms with E-state index in [0.29, 0.717) is 11.8 Å². The first-order valence-corrected chi connectivity index (χ1v) is 10.6. The molecule has 2 rings (SSSR count). The summed E-state index contributed by atoms with van der Waals surface area (Å²) in [5.41, 5.74) is 4.11. The van der Waals surface area contributed by atoms with Gasteiger partial charge < -0.3 is 19.8 Å². The van der Waals surface area contributed by atoms with Crippen LogP contribution in [0.25, 0.3) is 0 Å². The van der Waals surface area contributed by atoms with Gasteiger partial charge in [-0.15, -0.1) is 0 Å². The molecular formula is C26H34CaO4. The number of carboxylic acids is 2. The molecule has 31 heavy (non-hydrogen) atoms. The SMILES string of the molecule is CC(C)Cc1ccc(C(C)C(=O)[O-])cc1.CC(C)Cc1ccc(C(C)C(=O)[O-])cc1.[Ca+2]. The number of rotatable bonds is 8. The van der Waals surface area contributed by atoms with Crippen molar-refractivity contribution >= 4 is 49.7 Å². The van der Waals surface area contributed by atoms with Crippen molar-refractivity contribution in [3.63, 3.8) is 0 Å². The molecule has 0 radical (unpaired) electrons. The van der Waals surface area contributed by atoms with Gasteiger partial charge in [-0.25, -0.2) is 0 Å². The van der Waals surface area contributed by atoms with Crippen LogP contribution in [0.5, 0.6) is 0 Å². The third-order valence-electron chi connectivity index (χ3n) is 4.95. The number of carboxylic acid groups (broad SMARTS) is 2. The third kappa shape index (κ3) is 11.2. The molecule has 0 aromatic heterocycles. The first-order chi connectivity index (χ1) is 14.0. The van der Waals surface area contributed by atoms with Crippen molar-refractivity contribution in [2.45, 2.75) is 66.2 Å². The van der Waals surface area contributed by atoms with E-state index in [0.717, 1.165) is 24.0 Å². The summed E-state index contributed by atoms with van der Waals surface area (Å²) >= 11 is 0.